The van der Waals surface area contributed by atoms with E-state index in [0.717, 1.165) is 21.6 Å². The van der Waals surface area contributed by atoms with Crippen LogP contribution in [0, 0.1) is 18.3 Å². The molecule has 0 atom stereocenters. The van der Waals surface area contributed by atoms with Gasteiger partial charge in [-0.15, -0.1) is 11.3 Å². The minimum atomic E-state index is -0.171. The van der Waals surface area contributed by atoms with Gasteiger partial charge in [-0.05, 0) is 49.4 Å². The highest BCUT2D eigenvalue weighted by molar-refractivity contribution is 7.20. The molecule has 0 spiro atoms. The number of fused-ring (bicyclic) bond motifs is 1. The number of para-hydroxylation sites is 1. The zero-order valence-electron chi connectivity index (χ0n) is 13.9. The number of nitrogens with one attached hydrogen (secondary N) is 1. The summed E-state index contributed by atoms with van der Waals surface area (Å²) >= 11 is 1.41. The number of amides is 1. The largest absolute Gasteiger partial charge is 0.321 e. The maximum absolute atomic E-state index is 12.6. The Labute approximate surface area is 154 Å². The van der Waals surface area contributed by atoms with Crippen molar-refractivity contribution in [1.82, 2.24) is 9.78 Å². The predicted octanol–water partition coefficient (Wildman–Crippen LogP) is 4.52. The van der Waals surface area contributed by atoms with Crippen molar-refractivity contribution in [3.05, 3.63) is 76.8 Å². The molecule has 0 radical (unpaired) electrons. The average molecular weight is 358 g/mol. The van der Waals surface area contributed by atoms with E-state index in [0.29, 0.717) is 16.1 Å². The molecule has 5 nitrogen and oxygen atoms in total. The highest BCUT2D eigenvalue weighted by Gasteiger charge is 2.17. The molecule has 2 aromatic carbocycles. The Morgan fingerprint density at radius 2 is 1.88 bits per heavy atom. The fourth-order valence-electron chi connectivity index (χ4n) is 2.72. The standard InChI is InChI=1S/C20H14N4OS/c1-13-17-11-18(19(25)22-15-9-7-14(12-21)8-10-15)26-20(17)24(23-13)16-5-3-2-4-6-16/h2-11H,1H3,(H,22,25). The zero-order valence-corrected chi connectivity index (χ0v) is 14.7. The molecule has 0 aliphatic carbocycles. The number of anilines is 1. The van der Waals surface area contributed by atoms with Crippen molar-refractivity contribution in [3.8, 4) is 11.8 Å². The summed E-state index contributed by atoms with van der Waals surface area (Å²) in [5.74, 6) is -0.171. The normalized spacial score (nSPS) is 10.6. The van der Waals surface area contributed by atoms with Gasteiger partial charge in [-0.25, -0.2) is 4.68 Å². The maximum Gasteiger partial charge on any atom is 0.265 e. The Balaban J connectivity index is 1.67. The molecule has 1 N–H and O–H groups in total. The van der Waals surface area contributed by atoms with Crippen LogP contribution in [0.2, 0.25) is 0 Å². The topological polar surface area (TPSA) is 70.7 Å². The lowest BCUT2D eigenvalue weighted by atomic mass is 10.2. The van der Waals surface area contributed by atoms with Crippen molar-refractivity contribution in [2.24, 2.45) is 0 Å². The molecule has 0 saturated heterocycles. The average Bonchev–Trinajstić information content (AvgIpc) is 3.24. The molecule has 2 aromatic heterocycles. The summed E-state index contributed by atoms with van der Waals surface area (Å²) in [6, 6.07) is 20.6. The van der Waals surface area contributed by atoms with Crippen LogP contribution in [0.1, 0.15) is 20.9 Å². The van der Waals surface area contributed by atoms with Gasteiger partial charge in [0.25, 0.3) is 5.91 Å². The third-order valence-corrected chi connectivity index (χ3v) is 5.15. The first-order chi connectivity index (χ1) is 12.7. The molecule has 1 amide bonds. The van der Waals surface area contributed by atoms with E-state index in [1.807, 2.05) is 48.0 Å². The van der Waals surface area contributed by atoms with Crippen LogP contribution in [-0.2, 0) is 0 Å². The SMILES string of the molecule is Cc1nn(-c2ccccc2)c2sc(C(=O)Nc3ccc(C#N)cc3)cc12. The van der Waals surface area contributed by atoms with E-state index in [1.165, 1.54) is 11.3 Å². The molecule has 0 aliphatic rings. The van der Waals surface area contributed by atoms with Gasteiger partial charge < -0.3 is 5.32 Å². The number of carbonyl (C=O) groups is 1. The van der Waals surface area contributed by atoms with Crippen LogP contribution in [0.5, 0.6) is 0 Å². The fraction of sp³-hybridized carbons (Fsp3) is 0.0500. The first kappa shape index (κ1) is 16.1. The number of aromatic nitrogens is 2. The van der Waals surface area contributed by atoms with Gasteiger partial charge in [0.05, 0.1) is 27.9 Å². The number of hydrogen-bond donors (Lipinski definition) is 1. The summed E-state index contributed by atoms with van der Waals surface area (Å²) in [5.41, 5.74) is 3.07. The first-order valence-corrected chi connectivity index (χ1v) is 8.83. The van der Waals surface area contributed by atoms with Crippen LogP contribution in [-0.4, -0.2) is 15.7 Å². The first-order valence-electron chi connectivity index (χ1n) is 8.02. The maximum atomic E-state index is 12.6. The molecule has 26 heavy (non-hydrogen) atoms. The van der Waals surface area contributed by atoms with E-state index in [2.05, 4.69) is 16.5 Å². The van der Waals surface area contributed by atoms with Crippen molar-refractivity contribution in [2.45, 2.75) is 6.92 Å². The van der Waals surface area contributed by atoms with Crippen LogP contribution >= 0.6 is 11.3 Å². The lowest BCUT2D eigenvalue weighted by Gasteiger charge is -2.03. The van der Waals surface area contributed by atoms with Gasteiger partial charge in [0.1, 0.15) is 4.83 Å². The minimum absolute atomic E-state index is 0.171. The quantitative estimate of drug-likeness (QED) is 0.585. The number of benzene rings is 2. The molecule has 0 fully saturated rings. The van der Waals surface area contributed by atoms with E-state index in [4.69, 9.17) is 5.26 Å². The molecular weight excluding hydrogens is 344 g/mol. The van der Waals surface area contributed by atoms with Gasteiger partial charge >= 0.3 is 0 Å². The predicted molar refractivity (Wildman–Crippen MR) is 103 cm³/mol. The highest BCUT2D eigenvalue weighted by Crippen LogP contribution is 2.30. The van der Waals surface area contributed by atoms with Crippen molar-refractivity contribution in [2.75, 3.05) is 5.32 Å². The summed E-state index contributed by atoms with van der Waals surface area (Å²) in [5, 5.41) is 17.3. The van der Waals surface area contributed by atoms with Gasteiger partial charge in [0, 0.05) is 11.1 Å². The number of aryl methyl sites for hydroxylation is 1. The van der Waals surface area contributed by atoms with Crippen LogP contribution in [0.25, 0.3) is 15.9 Å². The van der Waals surface area contributed by atoms with Gasteiger partial charge in [0.15, 0.2) is 0 Å². The number of carbonyl (C=O) groups excluding carboxylic acids is 1. The molecule has 126 valence electrons. The van der Waals surface area contributed by atoms with Crippen molar-refractivity contribution in [3.63, 3.8) is 0 Å². The van der Waals surface area contributed by atoms with E-state index < -0.39 is 0 Å². The fourth-order valence-corrected chi connectivity index (χ4v) is 3.80. The molecule has 2 heterocycles. The third-order valence-electron chi connectivity index (χ3n) is 4.04. The number of thiophene rings is 1. The molecule has 4 aromatic rings. The summed E-state index contributed by atoms with van der Waals surface area (Å²) in [4.78, 5) is 14.2. The lowest BCUT2D eigenvalue weighted by molar-refractivity contribution is 0.103. The van der Waals surface area contributed by atoms with Crippen molar-refractivity contribution in [1.29, 1.82) is 5.26 Å². The third kappa shape index (κ3) is 2.85. The molecule has 0 bridgehead atoms. The van der Waals surface area contributed by atoms with Crippen LogP contribution < -0.4 is 5.32 Å². The second-order valence-corrected chi connectivity index (χ2v) is 6.84. The van der Waals surface area contributed by atoms with E-state index in [9.17, 15) is 4.79 Å². The molecule has 4 rings (SSSR count). The molecular formula is C20H14N4OS. The van der Waals surface area contributed by atoms with E-state index in [-0.39, 0.29) is 5.91 Å². The molecule has 0 aliphatic heterocycles. The Hall–Kier alpha value is -3.43. The number of nitrogens with zero attached hydrogens (tertiary/aromatic N) is 3. The Morgan fingerprint density at radius 3 is 2.58 bits per heavy atom. The van der Waals surface area contributed by atoms with Gasteiger partial charge in [0.2, 0.25) is 0 Å². The smallest absolute Gasteiger partial charge is 0.265 e. The van der Waals surface area contributed by atoms with Gasteiger partial charge in [-0.3, -0.25) is 4.79 Å². The summed E-state index contributed by atoms with van der Waals surface area (Å²) in [7, 11) is 0. The summed E-state index contributed by atoms with van der Waals surface area (Å²) < 4.78 is 1.87. The summed E-state index contributed by atoms with van der Waals surface area (Å²) in [6.07, 6.45) is 0. The van der Waals surface area contributed by atoms with Crippen LogP contribution in [0.4, 0.5) is 5.69 Å². The van der Waals surface area contributed by atoms with Crippen LogP contribution in [0.3, 0.4) is 0 Å². The van der Waals surface area contributed by atoms with Gasteiger partial charge in [-0.1, -0.05) is 18.2 Å². The second kappa shape index (κ2) is 6.47. The number of hydrogen-bond acceptors (Lipinski definition) is 4. The van der Waals surface area contributed by atoms with E-state index in [1.54, 1.807) is 24.3 Å². The number of rotatable bonds is 3. The number of nitriles is 1. The molecule has 0 saturated carbocycles. The van der Waals surface area contributed by atoms with E-state index >= 15 is 0 Å². The Kier molecular flexibility index (Phi) is 3.99. The monoisotopic (exact) mass is 358 g/mol. The second-order valence-electron chi connectivity index (χ2n) is 5.81. The Bertz CT molecular complexity index is 1130. The summed E-state index contributed by atoms with van der Waals surface area (Å²) in [6.45, 7) is 1.94. The molecule has 6 heteroatoms. The highest BCUT2D eigenvalue weighted by atomic mass is 32.1. The van der Waals surface area contributed by atoms with Crippen molar-refractivity contribution < 1.29 is 4.79 Å². The van der Waals surface area contributed by atoms with Gasteiger partial charge in [-0.2, -0.15) is 10.4 Å². The minimum Gasteiger partial charge on any atom is -0.321 e. The van der Waals surface area contributed by atoms with Crippen molar-refractivity contribution >= 4 is 33.1 Å². The zero-order chi connectivity index (χ0) is 18.1. The molecule has 0 unspecified atom stereocenters. The Morgan fingerprint density at radius 1 is 1.15 bits per heavy atom. The lowest BCUT2D eigenvalue weighted by Crippen LogP contribution is -2.10. The van der Waals surface area contributed by atoms with Crippen LogP contribution in [0.15, 0.2) is 60.7 Å².